The van der Waals surface area contributed by atoms with Gasteiger partial charge in [0.25, 0.3) is 5.56 Å². The molecule has 1 heterocycles. The summed E-state index contributed by atoms with van der Waals surface area (Å²) in [5.41, 5.74) is 0.405. The van der Waals surface area contributed by atoms with E-state index < -0.39 is 5.97 Å². The van der Waals surface area contributed by atoms with E-state index in [0.717, 1.165) is 37.8 Å². The Kier molecular flexibility index (Phi) is 4.08. The van der Waals surface area contributed by atoms with E-state index in [1.807, 2.05) is 6.92 Å². The monoisotopic (exact) mass is 305 g/mol. The number of pyridine rings is 1. The topological polar surface area (TPSA) is 68.4 Å². The maximum atomic E-state index is 12.3. The lowest BCUT2D eigenvalue weighted by Gasteiger charge is -2.52. The smallest absolute Gasteiger partial charge is 0.344 e. The quantitative estimate of drug-likeness (QED) is 0.868. The third-order valence-electron chi connectivity index (χ3n) is 5.14. The number of aryl methyl sites for hydroxylation is 1. The molecule has 1 N–H and O–H groups in total. The Labute approximate surface area is 130 Å². The van der Waals surface area contributed by atoms with Crippen molar-refractivity contribution in [3.8, 4) is 0 Å². The maximum absolute atomic E-state index is 12.3. The fourth-order valence-corrected chi connectivity index (χ4v) is 3.91. The van der Waals surface area contributed by atoms with E-state index in [1.54, 1.807) is 13.0 Å². The molecule has 2 atom stereocenters. The molecule has 1 spiro atoms. The Balaban J connectivity index is 1.73. The van der Waals surface area contributed by atoms with Crippen LogP contribution in [0.5, 0.6) is 0 Å². The Hall–Kier alpha value is -1.62. The number of esters is 1. The molecule has 2 aliphatic carbocycles. The van der Waals surface area contributed by atoms with Crippen LogP contribution in [-0.2, 0) is 9.47 Å². The van der Waals surface area contributed by atoms with Gasteiger partial charge in [-0.1, -0.05) is 12.8 Å². The van der Waals surface area contributed by atoms with Crippen molar-refractivity contribution in [2.24, 2.45) is 5.41 Å². The Morgan fingerprint density at radius 2 is 2.05 bits per heavy atom. The zero-order valence-corrected chi connectivity index (χ0v) is 13.2. The average Bonchev–Trinajstić information content (AvgIpc) is 2.98. The molecule has 3 rings (SSSR count). The predicted molar refractivity (Wildman–Crippen MR) is 81.9 cm³/mol. The normalized spacial score (nSPS) is 25.9. The Morgan fingerprint density at radius 1 is 1.32 bits per heavy atom. The Bertz CT molecular complexity index is 615. The highest BCUT2D eigenvalue weighted by molar-refractivity contribution is 5.89. The fourth-order valence-electron chi connectivity index (χ4n) is 3.91. The molecule has 0 unspecified atom stereocenters. The van der Waals surface area contributed by atoms with Gasteiger partial charge in [-0.25, -0.2) is 4.79 Å². The summed E-state index contributed by atoms with van der Waals surface area (Å²) in [5.74, 6) is -0.521. The molecule has 120 valence electrons. The molecule has 2 saturated carbocycles. The van der Waals surface area contributed by atoms with Gasteiger partial charge in [0, 0.05) is 24.1 Å². The lowest BCUT2D eigenvalue weighted by atomic mass is 9.62. The van der Waals surface area contributed by atoms with E-state index in [1.165, 1.54) is 6.07 Å². The highest BCUT2D eigenvalue weighted by atomic mass is 16.6. The molecule has 5 heteroatoms. The molecule has 1 aromatic heterocycles. The van der Waals surface area contributed by atoms with Gasteiger partial charge < -0.3 is 14.5 Å². The number of hydrogen-bond acceptors (Lipinski definition) is 4. The van der Waals surface area contributed by atoms with Gasteiger partial charge in [-0.15, -0.1) is 0 Å². The molecule has 5 nitrogen and oxygen atoms in total. The summed E-state index contributed by atoms with van der Waals surface area (Å²) >= 11 is 0. The van der Waals surface area contributed by atoms with Gasteiger partial charge in [-0.2, -0.15) is 0 Å². The SMILES string of the molecule is CCO[C@@H]1C[C@H](OC(=O)c2ccc(C)[nH]c2=O)C12CCCC2. The van der Waals surface area contributed by atoms with Crippen LogP contribution < -0.4 is 5.56 Å². The molecule has 0 aromatic carbocycles. The summed E-state index contributed by atoms with van der Waals surface area (Å²) in [4.78, 5) is 26.8. The number of aromatic amines is 1. The van der Waals surface area contributed by atoms with E-state index in [0.29, 0.717) is 6.61 Å². The maximum Gasteiger partial charge on any atom is 0.344 e. The summed E-state index contributed by atoms with van der Waals surface area (Å²) in [5, 5.41) is 0. The van der Waals surface area contributed by atoms with Crippen LogP contribution in [0.25, 0.3) is 0 Å². The Morgan fingerprint density at radius 3 is 2.68 bits per heavy atom. The summed E-state index contributed by atoms with van der Waals surface area (Å²) in [6.45, 7) is 4.46. The summed E-state index contributed by atoms with van der Waals surface area (Å²) in [7, 11) is 0. The van der Waals surface area contributed by atoms with Crippen molar-refractivity contribution in [1.82, 2.24) is 4.98 Å². The van der Waals surface area contributed by atoms with Crippen molar-refractivity contribution < 1.29 is 14.3 Å². The van der Waals surface area contributed by atoms with Crippen molar-refractivity contribution in [3.05, 3.63) is 33.7 Å². The molecule has 22 heavy (non-hydrogen) atoms. The van der Waals surface area contributed by atoms with E-state index in [2.05, 4.69) is 4.98 Å². The molecule has 0 saturated heterocycles. The van der Waals surface area contributed by atoms with Gasteiger partial charge in [0.15, 0.2) is 0 Å². The molecule has 2 fully saturated rings. The van der Waals surface area contributed by atoms with Crippen molar-refractivity contribution in [1.29, 1.82) is 0 Å². The molecule has 0 aliphatic heterocycles. The zero-order chi connectivity index (χ0) is 15.7. The third kappa shape index (κ3) is 2.47. The van der Waals surface area contributed by atoms with Crippen LogP contribution in [0.2, 0.25) is 0 Å². The number of aromatic nitrogens is 1. The second kappa shape index (κ2) is 5.88. The molecular formula is C17H23NO4. The minimum absolute atomic E-state index is 0.0247. The molecule has 2 aliphatic rings. The first-order valence-corrected chi connectivity index (χ1v) is 8.09. The number of ether oxygens (including phenoxy) is 2. The van der Waals surface area contributed by atoms with E-state index >= 15 is 0 Å². The highest BCUT2D eigenvalue weighted by Crippen LogP contribution is 2.56. The lowest BCUT2D eigenvalue weighted by molar-refractivity contribution is -0.188. The second-order valence-corrected chi connectivity index (χ2v) is 6.40. The predicted octanol–water partition coefficient (Wildman–Crippen LogP) is 2.58. The lowest BCUT2D eigenvalue weighted by Crippen LogP contribution is -2.58. The van der Waals surface area contributed by atoms with Crippen LogP contribution in [0.3, 0.4) is 0 Å². The minimum atomic E-state index is -0.521. The van der Waals surface area contributed by atoms with Crippen LogP contribution in [0.15, 0.2) is 16.9 Å². The van der Waals surface area contributed by atoms with Gasteiger partial charge in [0.05, 0.1) is 6.10 Å². The first kappa shape index (κ1) is 15.3. The van der Waals surface area contributed by atoms with E-state index in [9.17, 15) is 9.59 Å². The van der Waals surface area contributed by atoms with Crippen molar-refractivity contribution >= 4 is 5.97 Å². The van der Waals surface area contributed by atoms with E-state index in [4.69, 9.17) is 9.47 Å². The highest BCUT2D eigenvalue weighted by Gasteiger charge is 2.58. The largest absolute Gasteiger partial charge is 0.458 e. The number of carbonyl (C=O) groups is 1. The van der Waals surface area contributed by atoms with Crippen LogP contribution >= 0.6 is 0 Å². The minimum Gasteiger partial charge on any atom is -0.458 e. The number of carbonyl (C=O) groups excluding carboxylic acids is 1. The second-order valence-electron chi connectivity index (χ2n) is 6.40. The van der Waals surface area contributed by atoms with Gasteiger partial charge in [-0.3, -0.25) is 4.79 Å². The van der Waals surface area contributed by atoms with Gasteiger partial charge in [0.2, 0.25) is 0 Å². The van der Waals surface area contributed by atoms with Crippen molar-refractivity contribution in [3.63, 3.8) is 0 Å². The number of H-pyrrole nitrogens is 1. The zero-order valence-electron chi connectivity index (χ0n) is 13.2. The van der Waals surface area contributed by atoms with Gasteiger partial charge in [0.1, 0.15) is 11.7 Å². The van der Waals surface area contributed by atoms with Gasteiger partial charge in [-0.05, 0) is 38.8 Å². The van der Waals surface area contributed by atoms with Crippen LogP contribution in [-0.4, -0.2) is 29.8 Å². The standard InChI is InChI=1S/C17H23NO4/c1-3-21-13-10-14(17(13)8-4-5-9-17)22-16(20)12-7-6-11(2)18-15(12)19/h6-7,13-14H,3-5,8-10H2,1-2H3,(H,18,19)/t13-,14+/m1/s1. The first-order valence-electron chi connectivity index (χ1n) is 8.09. The van der Waals surface area contributed by atoms with Crippen LogP contribution in [0.1, 0.15) is 55.1 Å². The molecule has 0 bridgehead atoms. The molecule has 0 amide bonds. The summed E-state index contributed by atoms with van der Waals surface area (Å²) in [6.07, 6.45) is 5.20. The summed E-state index contributed by atoms with van der Waals surface area (Å²) < 4.78 is 11.5. The van der Waals surface area contributed by atoms with Crippen molar-refractivity contribution in [2.75, 3.05) is 6.61 Å². The number of nitrogens with one attached hydrogen (secondary N) is 1. The van der Waals surface area contributed by atoms with Crippen LogP contribution in [0, 0.1) is 12.3 Å². The number of rotatable bonds is 4. The summed E-state index contributed by atoms with van der Waals surface area (Å²) in [6, 6.07) is 3.25. The van der Waals surface area contributed by atoms with Crippen molar-refractivity contribution in [2.45, 2.75) is 58.2 Å². The molecular weight excluding hydrogens is 282 g/mol. The molecule has 1 aromatic rings. The van der Waals surface area contributed by atoms with Gasteiger partial charge >= 0.3 is 5.97 Å². The average molecular weight is 305 g/mol. The van der Waals surface area contributed by atoms with Crippen LogP contribution in [0.4, 0.5) is 0 Å². The van der Waals surface area contributed by atoms with E-state index in [-0.39, 0.29) is 28.7 Å². The third-order valence-corrected chi connectivity index (χ3v) is 5.14. The first-order chi connectivity index (χ1) is 10.6. The molecule has 0 radical (unpaired) electrons. The fraction of sp³-hybridized carbons (Fsp3) is 0.647. The number of hydrogen-bond donors (Lipinski definition) is 1.